The van der Waals surface area contributed by atoms with E-state index in [1.807, 2.05) is 6.07 Å². The van der Waals surface area contributed by atoms with E-state index in [0.29, 0.717) is 0 Å². The highest BCUT2D eigenvalue weighted by Crippen LogP contribution is 2.28. The molecule has 0 spiro atoms. The van der Waals surface area contributed by atoms with Crippen LogP contribution in [0.5, 0.6) is 5.75 Å². The summed E-state index contributed by atoms with van der Waals surface area (Å²) >= 11 is 17.5. The smallest absolute Gasteiger partial charge is 0.339 e. The lowest BCUT2D eigenvalue weighted by Crippen LogP contribution is -2.21. The van der Waals surface area contributed by atoms with Crippen molar-refractivity contribution in [3.63, 3.8) is 0 Å². The van der Waals surface area contributed by atoms with Crippen LogP contribution in [-0.4, -0.2) is 18.2 Å². The summed E-state index contributed by atoms with van der Waals surface area (Å²) in [6.07, 6.45) is 1.20. The molecule has 0 atom stereocenters. The van der Waals surface area contributed by atoms with Crippen molar-refractivity contribution in [3.05, 3.63) is 79.6 Å². The van der Waals surface area contributed by atoms with E-state index in [-0.39, 0.29) is 37.0 Å². The second kappa shape index (κ2) is 7.81. The summed E-state index contributed by atoms with van der Waals surface area (Å²) in [7, 11) is -4.20. The van der Waals surface area contributed by atoms with Crippen LogP contribution >= 0.6 is 34.8 Å². The molecule has 0 bridgehead atoms. The van der Waals surface area contributed by atoms with Gasteiger partial charge in [0.05, 0.1) is 33.6 Å². The molecule has 0 aliphatic heterocycles. The van der Waals surface area contributed by atoms with Crippen molar-refractivity contribution in [2.24, 2.45) is 0 Å². The van der Waals surface area contributed by atoms with Crippen LogP contribution in [0.15, 0.2) is 58.4 Å². The Labute approximate surface area is 174 Å². The van der Waals surface area contributed by atoms with Crippen LogP contribution in [-0.2, 0) is 10.1 Å². The lowest BCUT2D eigenvalue weighted by atomic mass is 10.2. The van der Waals surface area contributed by atoms with Crippen molar-refractivity contribution in [1.82, 2.24) is 9.78 Å². The van der Waals surface area contributed by atoms with Crippen LogP contribution in [0.4, 0.5) is 0 Å². The van der Waals surface area contributed by atoms with Gasteiger partial charge in [-0.1, -0.05) is 34.8 Å². The minimum Gasteiger partial charge on any atom is -0.377 e. The maximum absolute atomic E-state index is 12.5. The van der Waals surface area contributed by atoms with E-state index in [1.54, 1.807) is 0 Å². The SMILES string of the molecule is N#Cc1ccc(OS(=O)(=O)c2ccc(-n3ncc(Cl)c(Cl)c3=O)cc2)c(Cl)c1. The van der Waals surface area contributed by atoms with Gasteiger partial charge in [0.2, 0.25) is 0 Å². The Bertz CT molecular complexity index is 1270. The Balaban J connectivity index is 1.92. The quantitative estimate of drug-likeness (QED) is 0.553. The summed E-state index contributed by atoms with van der Waals surface area (Å²) in [5, 5.41) is 12.5. The maximum atomic E-state index is 12.5. The molecular formula is C17H8Cl3N3O4S. The molecule has 0 amide bonds. The highest BCUT2D eigenvalue weighted by Gasteiger charge is 2.19. The maximum Gasteiger partial charge on any atom is 0.339 e. The number of nitriles is 1. The Hall–Kier alpha value is -2.57. The van der Waals surface area contributed by atoms with Crippen LogP contribution in [0.3, 0.4) is 0 Å². The predicted octanol–water partition coefficient (Wildman–Crippen LogP) is 3.83. The Morgan fingerprint density at radius 3 is 2.32 bits per heavy atom. The fourth-order valence-electron chi connectivity index (χ4n) is 2.15. The molecule has 0 saturated carbocycles. The van der Waals surface area contributed by atoms with Crippen LogP contribution < -0.4 is 9.74 Å². The first kappa shape index (κ1) is 20.2. The van der Waals surface area contributed by atoms with Gasteiger partial charge in [-0.2, -0.15) is 23.5 Å². The van der Waals surface area contributed by atoms with Crippen molar-refractivity contribution in [3.8, 4) is 17.5 Å². The summed E-state index contributed by atoms with van der Waals surface area (Å²) in [6, 6.07) is 11.0. The molecule has 0 radical (unpaired) electrons. The molecule has 2 aromatic carbocycles. The minimum atomic E-state index is -4.20. The molecule has 3 aromatic rings. The zero-order valence-electron chi connectivity index (χ0n) is 13.6. The molecule has 28 heavy (non-hydrogen) atoms. The van der Waals surface area contributed by atoms with E-state index in [4.69, 9.17) is 44.2 Å². The van der Waals surface area contributed by atoms with E-state index in [0.717, 1.165) is 4.68 Å². The van der Waals surface area contributed by atoms with Crippen molar-refractivity contribution in [1.29, 1.82) is 5.26 Å². The first-order valence-electron chi connectivity index (χ1n) is 7.41. The van der Waals surface area contributed by atoms with Crippen molar-refractivity contribution < 1.29 is 12.6 Å². The Kier molecular flexibility index (Phi) is 5.63. The van der Waals surface area contributed by atoms with Gasteiger partial charge >= 0.3 is 10.1 Å². The minimum absolute atomic E-state index is 0.00908. The number of nitrogens with zero attached hydrogens (tertiary/aromatic N) is 3. The first-order valence-corrected chi connectivity index (χ1v) is 9.95. The molecule has 7 nitrogen and oxygen atoms in total. The molecule has 0 aliphatic rings. The number of hydrogen-bond donors (Lipinski definition) is 0. The first-order chi connectivity index (χ1) is 13.2. The third-order valence-electron chi connectivity index (χ3n) is 3.51. The normalized spacial score (nSPS) is 11.1. The van der Waals surface area contributed by atoms with E-state index >= 15 is 0 Å². The zero-order valence-corrected chi connectivity index (χ0v) is 16.7. The van der Waals surface area contributed by atoms with E-state index in [9.17, 15) is 13.2 Å². The van der Waals surface area contributed by atoms with E-state index in [1.165, 1.54) is 48.7 Å². The molecule has 0 N–H and O–H groups in total. The zero-order chi connectivity index (χ0) is 20.5. The highest BCUT2D eigenvalue weighted by molar-refractivity contribution is 7.87. The van der Waals surface area contributed by atoms with E-state index < -0.39 is 15.7 Å². The van der Waals surface area contributed by atoms with Gasteiger partial charge in [-0.15, -0.1) is 0 Å². The van der Waals surface area contributed by atoms with Gasteiger partial charge in [-0.3, -0.25) is 4.79 Å². The van der Waals surface area contributed by atoms with Gasteiger partial charge in [0.15, 0.2) is 5.75 Å². The molecule has 11 heteroatoms. The lowest BCUT2D eigenvalue weighted by molar-refractivity contribution is 0.486. The second-order valence-corrected chi connectivity index (χ2v) is 8.05. The average molecular weight is 457 g/mol. The molecule has 0 aliphatic carbocycles. The number of benzene rings is 2. The fourth-order valence-corrected chi connectivity index (χ4v) is 3.62. The van der Waals surface area contributed by atoms with Crippen molar-refractivity contribution >= 4 is 44.9 Å². The topological polar surface area (TPSA) is 102 Å². The molecular weight excluding hydrogens is 449 g/mol. The summed E-state index contributed by atoms with van der Waals surface area (Å²) < 4.78 is 30.9. The predicted molar refractivity (Wildman–Crippen MR) is 104 cm³/mol. The second-order valence-electron chi connectivity index (χ2n) is 5.31. The fraction of sp³-hybridized carbons (Fsp3) is 0. The standard InChI is InChI=1S/C17H8Cl3N3O4S/c18-13-7-10(8-21)1-6-15(13)27-28(25,26)12-4-2-11(3-5-12)23-17(24)16(20)14(19)9-22-23/h1-7,9H. The van der Waals surface area contributed by atoms with Crippen molar-refractivity contribution in [2.45, 2.75) is 4.90 Å². The average Bonchev–Trinajstić information content (AvgIpc) is 2.68. The van der Waals surface area contributed by atoms with Gasteiger partial charge in [-0.05, 0) is 42.5 Å². The molecule has 1 aromatic heterocycles. The van der Waals surface area contributed by atoms with Gasteiger partial charge in [0.1, 0.15) is 9.92 Å². The molecule has 3 rings (SSSR count). The van der Waals surface area contributed by atoms with Gasteiger partial charge in [0, 0.05) is 0 Å². The van der Waals surface area contributed by atoms with Gasteiger partial charge in [0.25, 0.3) is 5.56 Å². The summed E-state index contributed by atoms with van der Waals surface area (Å²) in [4.78, 5) is 11.9. The van der Waals surface area contributed by atoms with Crippen LogP contribution in [0.2, 0.25) is 15.1 Å². The van der Waals surface area contributed by atoms with E-state index in [2.05, 4.69) is 5.10 Å². The summed E-state index contributed by atoms with van der Waals surface area (Å²) in [5.74, 6) is -0.118. The number of halogens is 3. The largest absolute Gasteiger partial charge is 0.377 e. The Morgan fingerprint density at radius 1 is 1.04 bits per heavy atom. The van der Waals surface area contributed by atoms with Crippen LogP contribution in [0, 0.1) is 11.3 Å². The number of hydrogen-bond acceptors (Lipinski definition) is 6. The van der Waals surface area contributed by atoms with Gasteiger partial charge < -0.3 is 4.18 Å². The summed E-state index contributed by atoms with van der Waals surface area (Å²) in [6.45, 7) is 0. The molecule has 0 unspecified atom stereocenters. The number of aromatic nitrogens is 2. The monoisotopic (exact) mass is 455 g/mol. The Morgan fingerprint density at radius 2 is 1.71 bits per heavy atom. The summed E-state index contributed by atoms with van der Waals surface area (Å²) in [5.41, 5.74) is -0.108. The van der Waals surface area contributed by atoms with Gasteiger partial charge in [-0.25, -0.2) is 0 Å². The lowest BCUT2D eigenvalue weighted by Gasteiger charge is -2.10. The molecule has 142 valence electrons. The van der Waals surface area contributed by atoms with Crippen molar-refractivity contribution in [2.75, 3.05) is 0 Å². The third-order valence-corrected chi connectivity index (χ3v) is 5.80. The molecule has 1 heterocycles. The molecule has 0 saturated heterocycles. The molecule has 0 fully saturated rings. The van der Waals surface area contributed by atoms with Crippen LogP contribution in [0.1, 0.15) is 5.56 Å². The van der Waals surface area contributed by atoms with Crippen LogP contribution in [0.25, 0.3) is 5.69 Å². The third kappa shape index (κ3) is 3.98. The highest BCUT2D eigenvalue weighted by atomic mass is 35.5. The number of rotatable bonds is 4.